The van der Waals surface area contributed by atoms with Crippen molar-refractivity contribution in [2.75, 3.05) is 11.9 Å². The first-order chi connectivity index (χ1) is 9.58. The van der Waals surface area contributed by atoms with Crippen molar-refractivity contribution in [2.45, 2.75) is 13.0 Å². The highest BCUT2D eigenvalue weighted by Crippen LogP contribution is 2.13. The van der Waals surface area contributed by atoms with Crippen LogP contribution in [0, 0.1) is 6.92 Å². The van der Waals surface area contributed by atoms with Crippen LogP contribution in [0.15, 0.2) is 42.6 Å². The van der Waals surface area contributed by atoms with Gasteiger partial charge >= 0.3 is 6.03 Å². The summed E-state index contributed by atoms with van der Waals surface area (Å²) in [7, 11) is 1.85. The number of anilines is 1. The molecule has 1 aromatic carbocycles. The van der Waals surface area contributed by atoms with Crippen LogP contribution in [0.1, 0.15) is 17.4 Å². The van der Waals surface area contributed by atoms with Gasteiger partial charge in [0.05, 0.1) is 6.54 Å². The fraction of sp³-hybridized carbons (Fsp3) is 0.267. The van der Waals surface area contributed by atoms with E-state index >= 15 is 0 Å². The molecule has 0 fully saturated rings. The van der Waals surface area contributed by atoms with E-state index in [4.69, 9.17) is 0 Å². The fourth-order valence-corrected chi connectivity index (χ4v) is 1.99. The minimum absolute atomic E-state index is 0.162. The molecule has 0 spiro atoms. The zero-order valence-corrected chi connectivity index (χ0v) is 11.6. The van der Waals surface area contributed by atoms with Crippen molar-refractivity contribution >= 4 is 11.7 Å². The Hall–Kier alpha value is -2.27. The van der Waals surface area contributed by atoms with Gasteiger partial charge in [-0.15, -0.1) is 0 Å². The third-order valence-corrected chi connectivity index (χ3v) is 3.17. The number of hydrogen-bond acceptors (Lipinski definition) is 2. The lowest BCUT2D eigenvalue weighted by Gasteiger charge is -2.14. The summed E-state index contributed by atoms with van der Waals surface area (Å²) in [4.78, 5) is 11.8. The van der Waals surface area contributed by atoms with E-state index in [2.05, 4.69) is 10.6 Å². The average molecular weight is 273 g/mol. The van der Waals surface area contributed by atoms with E-state index in [0.29, 0.717) is 0 Å². The fourth-order valence-electron chi connectivity index (χ4n) is 1.99. The summed E-state index contributed by atoms with van der Waals surface area (Å²) < 4.78 is 1.82. The smallest absolute Gasteiger partial charge is 0.319 e. The maximum Gasteiger partial charge on any atom is 0.319 e. The minimum Gasteiger partial charge on any atom is -0.385 e. The molecule has 0 saturated heterocycles. The second-order valence-electron chi connectivity index (χ2n) is 4.71. The average Bonchev–Trinajstić information content (AvgIpc) is 2.85. The van der Waals surface area contributed by atoms with Crippen molar-refractivity contribution in [3.8, 4) is 0 Å². The Bertz CT molecular complexity index is 592. The number of hydrogen-bond donors (Lipinski definition) is 3. The third-order valence-electron chi connectivity index (χ3n) is 3.17. The van der Waals surface area contributed by atoms with Gasteiger partial charge in [-0.1, -0.05) is 18.2 Å². The van der Waals surface area contributed by atoms with E-state index in [1.807, 2.05) is 61.1 Å². The Morgan fingerprint density at radius 2 is 2.05 bits per heavy atom. The molecular weight excluding hydrogens is 254 g/mol. The van der Waals surface area contributed by atoms with E-state index in [9.17, 15) is 9.90 Å². The number of aryl methyl sites for hydroxylation is 2. The zero-order valence-electron chi connectivity index (χ0n) is 11.6. The maximum atomic E-state index is 11.8. The summed E-state index contributed by atoms with van der Waals surface area (Å²) in [5.41, 5.74) is 2.52. The van der Waals surface area contributed by atoms with Crippen LogP contribution >= 0.6 is 0 Å². The Labute approximate surface area is 118 Å². The van der Waals surface area contributed by atoms with Gasteiger partial charge in [0.25, 0.3) is 0 Å². The van der Waals surface area contributed by atoms with Crippen molar-refractivity contribution < 1.29 is 9.90 Å². The van der Waals surface area contributed by atoms with E-state index in [0.717, 1.165) is 16.9 Å². The monoisotopic (exact) mass is 273 g/mol. The second-order valence-corrected chi connectivity index (χ2v) is 4.71. The van der Waals surface area contributed by atoms with Gasteiger partial charge < -0.3 is 20.3 Å². The van der Waals surface area contributed by atoms with Crippen LogP contribution in [0.2, 0.25) is 0 Å². The standard InChI is InChI=1S/C15H19N3O2/c1-11-6-3-4-7-12(11)17-15(20)16-10-14(19)13-8-5-9-18(13)2/h3-9,14,19H,10H2,1-2H3,(H2,16,17,20). The normalized spacial score (nSPS) is 11.9. The lowest BCUT2D eigenvalue weighted by Crippen LogP contribution is -2.33. The highest BCUT2D eigenvalue weighted by atomic mass is 16.3. The van der Waals surface area contributed by atoms with Crippen molar-refractivity contribution in [2.24, 2.45) is 7.05 Å². The van der Waals surface area contributed by atoms with E-state index in [1.165, 1.54) is 0 Å². The van der Waals surface area contributed by atoms with E-state index < -0.39 is 6.10 Å². The van der Waals surface area contributed by atoms with Gasteiger partial charge in [-0.3, -0.25) is 0 Å². The van der Waals surface area contributed by atoms with Crippen LogP contribution in [0.3, 0.4) is 0 Å². The molecule has 1 aromatic heterocycles. The van der Waals surface area contributed by atoms with E-state index in [-0.39, 0.29) is 12.6 Å². The number of urea groups is 1. The summed E-state index contributed by atoms with van der Waals surface area (Å²) in [5, 5.41) is 15.4. The first-order valence-corrected chi connectivity index (χ1v) is 6.47. The number of amides is 2. The summed E-state index contributed by atoms with van der Waals surface area (Å²) >= 11 is 0. The maximum absolute atomic E-state index is 11.8. The molecule has 1 atom stereocenters. The van der Waals surface area contributed by atoms with Crippen molar-refractivity contribution in [1.82, 2.24) is 9.88 Å². The lowest BCUT2D eigenvalue weighted by atomic mass is 10.2. The van der Waals surface area contributed by atoms with Crippen LogP contribution < -0.4 is 10.6 Å². The van der Waals surface area contributed by atoms with Crippen molar-refractivity contribution in [3.05, 3.63) is 53.9 Å². The topological polar surface area (TPSA) is 66.3 Å². The molecule has 0 aliphatic heterocycles. The summed E-state index contributed by atoms with van der Waals surface area (Å²) in [6.07, 6.45) is 1.13. The van der Waals surface area contributed by atoms with Gasteiger partial charge in [-0.05, 0) is 30.7 Å². The number of aliphatic hydroxyl groups is 1. The highest BCUT2D eigenvalue weighted by molar-refractivity contribution is 5.90. The SMILES string of the molecule is Cc1ccccc1NC(=O)NCC(O)c1cccn1C. The van der Waals surface area contributed by atoms with Gasteiger partial charge in [0, 0.05) is 24.6 Å². The molecule has 3 N–H and O–H groups in total. The summed E-state index contributed by atoms with van der Waals surface area (Å²) in [6.45, 7) is 2.09. The van der Waals surface area contributed by atoms with Crippen LogP contribution in [0.4, 0.5) is 10.5 Å². The Morgan fingerprint density at radius 1 is 1.30 bits per heavy atom. The molecule has 0 aliphatic rings. The van der Waals surface area contributed by atoms with E-state index in [1.54, 1.807) is 0 Å². The molecule has 0 aliphatic carbocycles. The van der Waals surface area contributed by atoms with Gasteiger partial charge in [0.15, 0.2) is 0 Å². The number of benzene rings is 1. The van der Waals surface area contributed by atoms with Crippen LogP contribution in [0.5, 0.6) is 0 Å². The van der Waals surface area contributed by atoms with Crippen molar-refractivity contribution in [1.29, 1.82) is 0 Å². The third kappa shape index (κ3) is 3.39. The summed E-state index contributed by atoms with van der Waals surface area (Å²) in [6, 6.07) is 10.9. The molecule has 2 aromatic rings. The number of carbonyl (C=O) groups is 1. The van der Waals surface area contributed by atoms with Gasteiger partial charge in [0.2, 0.25) is 0 Å². The zero-order chi connectivity index (χ0) is 14.5. The largest absolute Gasteiger partial charge is 0.385 e. The predicted octanol–water partition coefficient (Wildman–Crippen LogP) is 2.19. The highest BCUT2D eigenvalue weighted by Gasteiger charge is 2.12. The molecule has 2 amide bonds. The molecule has 1 unspecified atom stereocenters. The lowest BCUT2D eigenvalue weighted by molar-refractivity contribution is 0.167. The first-order valence-electron chi connectivity index (χ1n) is 6.47. The van der Waals surface area contributed by atoms with Gasteiger partial charge in [-0.2, -0.15) is 0 Å². The van der Waals surface area contributed by atoms with Crippen LogP contribution in [0.25, 0.3) is 0 Å². The molecule has 5 nitrogen and oxygen atoms in total. The molecule has 20 heavy (non-hydrogen) atoms. The molecule has 0 radical (unpaired) electrons. The molecule has 106 valence electrons. The number of nitrogens with one attached hydrogen (secondary N) is 2. The number of nitrogens with zero attached hydrogens (tertiary/aromatic N) is 1. The minimum atomic E-state index is -0.724. The Morgan fingerprint density at radius 3 is 2.70 bits per heavy atom. The molecule has 2 rings (SSSR count). The Balaban J connectivity index is 1.87. The molecular formula is C15H19N3O2. The number of rotatable bonds is 4. The molecule has 0 bridgehead atoms. The first kappa shape index (κ1) is 14.1. The Kier molecular flexibility index (Phi) is 4.42. The van der Waals surface area contributed by atoms with Crippen molar-refractivity contribution in [3.63, 3.8) is 0 Å². The molecule has 1 heterocycles. The van der Waals surface area contributed by atoms with Crippen LogP contribution in [-0.2, 0) is 7.05 Å². The predicted molar refractivity (Wildman–Crippen MR) is 78.6 cm³/mol. The second kappa shape index (κ2) is 6.25. The number of para-hydroxylation sites is 1. The number of aromatic nitrogens is 1. The molecule has 5 heteroatoms. The van der Waals surface area contributed by atoms with Crippen LogP contribution in [-0.4, -0.2) is 22.2 Å². The van der Waals surface area contributed by atoms with Gasteiger partial charge in [0.1, 0.15) is 6.10 Å². The summed E-state index contributed by atoms with van der Waals surface area (Å²) in [5.74, 6) is 0. The number of aliphatic hydroxyl groups excluding tert-OH is 1. The quantitative estimate of drug-likeness (QED) is 0.799. The number of carbonyl (C=O) groups excluding carboxylic acids is 1. The van der Waals surface area contributed by atoms with Gasteiger partial charge in [-0.25, -0.2) is 4.79 Å². The molecule has 0 saturated carbocycles.